The van der Waals surface area contributed by atoms with Gasteiger partial charge in [-0.2, -0.15) is 0 Å². The van der Waals surface area contributed by atoms with Gasteiger partial charge in [0, 0.05) is 13.1 Å². The number of nitrogens with zero attached hydrogens (tertiary/aromatic N) is 1. The van der Waals surface area contributed by atoms with Gasteiger partial charge in [0.2, 0.25) is 5.91 Å². The number of rotatable bonds is 2. The van der Waals surface area contributed by atoms with Crippen LogP contribution in [0.25, 0.3) is 0 Å². The molecule has 2 rings (SSSR count). The highest BCUT2D eigenvalue weighted by Gasteiger charge is 2.19. The van der Waals surface area contributed by atoms with E-state index >= 15 is 0 Å². The highest BCUT2D eigenvalue weighted by Crippen LogP contribution is 2.10. The Morgan fingerprint density at radius 3 is 2.43 bits per heavy atom. The fraction of sp³-hybridized carbons (Fsp3) is 0.417. The van der Waals surface area contributed by atoms with E-state index in [0.717, 1.165) is 18.7 Å². The number of carbonyl (C=O) groups is 1. The lowest BCUT2D eigenvalue weighted by Crippen LogP contribution is -2.42. The molecule has 14 heavy (non-hydrogen) atoms. The van der Waals surface area contributed by atoms with E-state index in [1.807, 2.05) is 17.0 Å². The summed E-state index contributed by atoms with van der Waals surface area (Å²) in [7, 11) is 0. The first kappa shape index (κ1) is 9.25. The van der Waals surface area contributed by atoms with Crippen molar-refractivity contribution in [3.63, 3.8) is 0 Å². The maximum absolute atomic E-state index is 11.6. The fourth-order valence-corrected chi connectivity index (χ4v) is 1.56. The van der Waals surface area contributed by atoms with E-state index in [-0.39, 0.29) is 5.91 Å². The van der Waals surface area contributed by atoms with E-state index in [9.17, 15) is 4.79 Å². The van der Waals surface area contributed by atoms with Gasteiger partial charge in [-0.3, -0.25) is 4.79 Å². The highest BCUT2D eigenvalue weighted by molar-refractivity contribution is 5.79. The molecule has 0 unspecified atom stereocenters. The SMILES string of the molecule is Cc1ccc(CC(=O)N2CCC2)cc1. The molecule has 0 atom stereocenters. The van der Waals surface area contributed by atoms with Gasteiger partial charge in [0.1, 0.15) is 0 Å². The molecule has 1 amide bonds. The molecule has 1 aromatic carbocycles. The lowest BCUT2D eigenvalue weighted by Gasteiger charge is -2.30. The van der Waals surface area contributed by atoms with Crippen molar-refractivity contribution in [1.29, 1.82) is 0 Å². The second kappa shape index (κ2) is 3.82. The predicted octanol–water partition coefficient (Wildman–Crippen LogP) is 1.77. The first-order valence-corrected chi connectivity index (χ1v) is 5.09. The van der Waals surface area contributed by atoms with Crippen LogP contribution in [0.15, 0.2) is 24.3 Å². The summed E-state index contributed by atoms with van der Waals surface area (Å²) in [5.41, 5.74) is 2.36. The standard InChI is InChI=1S/C12H15NO/c1-10-3-5-11(6-4-10)9-12(14)13-7-2-8-13/h3-6H,2,7-9H2,1H3. The smallest absolute Gasteiger partial charge is 0.226 e. The molecule has 1 aliphatic rings. The first-order valence-electron chi connectivity index (χ1n) is 5.09. The summed E-state index contributed by atoms with van der Waals surface area (Å²) in [6, 6.07) is 8.18. The lowest BCUT2D eigenvalue weighted by atomic mass is 10.1. The Balaban J connectivity index is 1.96. The molecule has 0 bridgehead atoms. The summed E-state index contributed by atoms with van der Waals surface area (Å²) in [6.45, 7) is 3.95. The number of hydrogen-bond acceptors (Lipinski definition) is 1. The van der Waals surface area contributed by atoms with Crippen LogP contribution < -0.4 is 0 Å². The van der Waals surface area contributed by atoms with E-state index in [1.165, 1.54) is 12.0 Å². The van der Waals surface area contributed by atoms with Gasteiger partial charge in [-0.05, 0) is 18.9 Å². The molecule has 0 aliphatic carbocycles. The van der Waals surface area contributed by atoms with E-state index in [0.29, 0.717) is 6.42 Å². The van der Waals surface area contributed by atoms with Crippen LogP contribution in [0.4, 0.5) is 0 Å². The Bertz CT molecular complexity index is 325. The molecule has 1 aromatic rings. The summed E-state index contributed by atoms with van der Waals surface area (Å²) in [6.07, 6.45) is 1.72. The molecule has 1 saturated heterocycles. The zero-order valence-electron chi connectivity index (χ0n) is 8.49. The van der Waals surface area contributed by atoms with Crippen molar-refractivity contribution >= 4 is 5.91 Å². The fourth-order valence-electron chi connectivity index (χ4n) is 1.56. The molecule has 2 heteroatoms. The van der Waals surface area contributed by atoms with Gasteiger partial charge in [-0.15, -0.1) is 0 Å². The average molecular weight is 189 g/mol. The predicted molar refractivity (Wildman–Crippen MR) is 56.1 cm³/mol. The minimum absolute atomic E-state index is 0.264. The van der Waals surface area contributed by atoms with Gasteiger partial charge in [-0.25, -0.2) is 0 Å². The molecule has 2 nitrogen and oxygen atoms in total. The first-order chi connectivity index (χ1) is 6.75. The van der Waals surface area contributed by atoms with Gasteiger partial charge < -0.3 is 4.90 Å². The van der Waals surface area contributed by atoms with E-state index < -0.39 is 0 Å². The number of amides is 1. The van der Waals surface area contributed by atoms with Gasteiger partial charge >= 0.3 is 0 Å². The molecule has 0 aromatic heterocycles. The molecular formula is C12H15NO. The molecule has 0 spiro atoms. The number of hydrogen-bond donors (Lipinski definition) is 0. The summed E-state index contributed by atoms with van der Waals surface area (Å²) < 4.78 is 0. The van der Waals surface area contributed by atoms with Crippen LogP contribution in [0.5, 0.6) is 0 Å². The minimum atomic E-state index is 0.264. The molecule has 1 aliphatic heterocycles. The monoisotopic (exact) mass is 189 g/mol. The minimum Gasteiger partial charge on any atom is -0.342 e. The van der Waals surface area contributed by atoms with E-state index in [4.69, 9.17) is 0 Å². The number of carbonyl (C=O) groups excluding carboxylic acids is 1. The number of benzene rings is 1. The van der Waals surface area contributed by atoms with Crippen LogP contribution in [0, 0.1) is 6.92 Å². The van der Waals surface area contributed by atoms with Crippen molar-refractivity contribution in [2.45, 2.75) is 19.8 Å². The lowest BCUT2D eigenvalue weighted by molar-refractivity contribution is -0.133. The van der Waals surface area contributed by atoms with Crippen molar-refractivity contribution < 1.29 is 4.79 Å². The van der Waals surface area contributed by atoms with Gasteiger partial charge in [-0.1, -0.05) is 29.8 Å². The normalized spacial score (nSPS) is 15.1. The second-order valence-electron chi connectivity index (χ2n) is 3.90. The Labute approximate surface area is 84.5 Å². The van der Waals surface area contributed by atoms with Crippen LogP contribution in [0.2, 0.25) is 0 Å². The van der Waals surface area contributed by atoms with Crippen LogP contribution >= 0.6 is 0 Å². The zero-order chi connectivity index (χ0) is 9.97. The largest absolute Gasteiger partial charge is 0.342 e. The third-order valence-electron chi connectivity index (χ3n) is 2.68. The third kappa shape index (κ3) is 1.95. The van der Waals surface area contributed by atoms with E-state index in [1.54, 1.807) is 0 Å². The Morgan fingerprint density at radius 2 is 1.93 bits per heavy atom. The third-order valence-corrected chi connectivity index (χ3v) is 2.68. The highest BCUT2D eigenvalue weighted by atomic mass is 16.2. The molecule has 0 saturated carbocycles. The van der Waals surface area contributed by atoms with Crippen molar-refractivity contribution in [1.82, 2.24) is 4.90 Å². The quantitative estimate of drug-likeness (QED) is 0.694. The van der Waals surface area contributed by atoms with Crippen molar-refractivity contribution in [3.05, 3.63) is 35.4 Å². The Kier molecular flexibility index (Phi) is 2.53. The van der Waals surface area contributed by atoms with Crippen molar-refractivity contribution in [2.24, 2.45) is 0 Å². The number of likely N-dealkylation sites (tertiary alicyclic amines) is 1. The molecule has 0 radical (unpaired) electrons. The summed E-state index contributed by atoms with van der Waals surface area (Å²) in [5.74, 6) is 0.264. The van der Waals surface area contributed by atoms with Crippen LogP contribution in [0.1, 0.15) is 17.5 Å². The van der Waals surface area contributed by atoms with Gasteiger partial charge in [0.25, 0.3) is 0 Å². The Hall–Kier alpha value is -1.31. The zero-order valence-corrected chi connectivity index (χ0v) is 8.49. The van der Waals surface area contributed by atoms with Crippen LogP contribution in [-0.2, 0) is 11.2 Å². The van der Waals surface area contributed by atoms with Gasteiger partial charge in [0.05, 0.1) is 6.42 Å². The van der Waals surface area contributed by atoms with Crippen molar-refractivity contribution in [2.75, 3.05) is 13.1 Å². The summed E-state index contributed by atoms with van der Waals surface area (Å²) in [4.78, 5) is 13.5. The van der Waals surface area contributed by atoms with Crippen LogP contribution in [-0.4, -0.2) is 23.9 Å². The summed E-state index contributed by atoms with van der Waals surface area (Å²) >= 11 is 0. The van der Waals surface area contributed by atoms with Gasteiger partial charge in [0.15, 0.2) is 0 Å². The molecule has 1 heterocycles. The Morgan fingerprint density at radius 1 is 1.29 bits per heavy atom. The molecule has 74 valence electrons. The number of aryl methyl sites for hydroxylation is 1. The second-order valence-corrected chi connectivity index (χ2v) is 3.90. The maximum atomic E-state index is 11.6. The molecule has 1 fully saturated rings. The van der Waals surface area contributed by atoms with Crippen LogP contribution in [0.3, 0.4) is 0 Å². The molecular weight excluding hydrogens is 174 g/mol. The summed E-state index contributed by atoms with van der Waals surface area (Å²) in [5, 5.41) is 0. The van der Waals surface area contributed by atoms with E-state index in [2.05, 4.69) is 19.1 Å². The topological polar surface area (TPSA) is 20.3 Å². The maximum Gasteiger partial charge on any atom is 0.226 e. The van der Waals surface area contributed by atoms with Crippen molar-refractivity contribution in [3.8, 4) is 0 Å². The average Bonchev–Trinajstić information content (AvgIpc) is 2.06. The molecule has 0 N–H and O–H groups in total.